The Balaban J connectivity index is 1.56. The Morgan fingerprint density at radius 3 is 2.36 bits per heavy atom. The van der Waals surface area contributed by atoms with Gasteiger partial charge in [-0.05, 0) is 104 Å². The van der Waals surface area contributed by atoms with Gasteiger partial charge in [0.05, 0.1) is 0 Å². The standard InChI is InChI=1S/C25H44/c1-6-7-18(3)21-10-11-22-20-9-8-19-16-17(2)12-14-24(19,4)23(20)13-15-25(21,22)5/h17-23H,6-16H2,1-5H3/t17-,18?,19?,20?,21+,22?,23?,24-,25+/m0/s1. The third-order valence-corrected chi connectivity index (χ3v) is 10.4. The van der Waals surface area contributed by atoms with E-state index in [-0.39, 0.29) is 0 Å². The predicted molar refractivity (Wildman–Crippen MR) is 108 cm³/mol. The molecule has 0 nitrogen and oxygen atoms in total. The van der Waals surface area contributed by atoms with Crippen LogP contribution in [-0.4, -0.2) is 0 Å². The van der Waals surface area contributed by atoms with Crippen molar-refractivity contribution in [1.82, 2.24) is 0 Å². The molecule has 0 aromatic carbocycles. The molecule has 0 amide bonds. The van der Waals surface area contributed by atoms with Gasteiger partial charge in [0.2, 0.25) is 0 Å². The first-order chi connectivity index (χ1) is 11.9. The minimum absolute atomic E-state index is 0.681. The number of fused-ring (bicyclic) bond motifs is 5. The Kier molecular flexibility index (Phi) is 4.82. The van der Waals surface area contributed by atoms with Crippen molar-refractivity contribution < 1.29 is 0 Å². The first-order valence-corrected chi connectivity index (χ1v) is 11.9. The minimum atomic E-state index is 0.681. The highest BCUT2D eigenvalue weighted by Crippen LogP contribution is 2.68. The molecular formula is C25H44. The molecule has 9 atom stereocenters. The van der Waals surface area contributed by atoms with Gasteiger partial charge in [0.15, 0.2) is 0 Å². The number of hydrogen-bond acceptors (Lipinski definition) is 0. The molecule has 4 fully saturated rings. The van der Waals surface area contributed by atoms with E-state index >= 15 is 0 Å². The van der Waals surface area contributed by atoms with E-state index in [0.717, 1.165) is 41.4 Å². The van der Waals surface area contributed by atoms with Crippen LogP contribution in [-0.2, 0) is 0 Å². The van der Waals surface area contributed by atoms with E-state index in [4.69, 9.17) is 0 Å². The Morgan fingerprint density at radius 1 is 0.880 bits per heavy atom. The lowest BCUT2D eigenvalue weighted by Crippen LogP contribution is -2.53. The molecule has 0 N–H and O–H groups in total. The van der Waals surface area contributed by atoms with Gasteiger partial charge in [-0.3, -0.25) is 0 Å². The Hall–Kier alpha value is 0. The van der Waals surface area contributed by atoms with Crippen molar-refractivity contribution in [2.75, 3.05) is 0 Å². The van der Waals surface area contributed by atoms with Crippen LogP contribution in [0.25, 0.3) is 0 Å². The molecule has 5 unspecified atom stereocenters. The molecule has 4 rings (SSSR count). The highest BCUT2D eigenvalue weighted by atomic mass is 14.6. The molecule has 0 heterocycles. The Morgan fingerprint density at radius 2 is 1.60 bits per heavy atom. The van der Waals surface area contributed by atoms with Crippen molar-refractivity contribution in [3.05, 3.63) is 0 Å². The first kappa shape index (κ1) is 18.4. The Bertz CT molecular complexity index is 480. The van der Waals surface area contributed by atoms with E-state index in [0.29, 0.717) is 10.8 Å². The van der Waals surface area contributed by atoms with Crippen LogP contribution in [0.1, 0.15) is 105 Å². The first-order valence-electron chi connectivity index (χ1n) is 11.9. The molecule has 0 radical (unpaired) electrons. The zero-order valence-electron chi connectivity index (χ0n) is 17.8. The lowest BCUT2D eigenvalue weighted by Gasteiger charge is -2.61. The maximum absolute atomic E-state index is 2.73. The maximum Gasteiger partial charge on any atom is -0.0264 e. The fourth-order valence-electron chi connectivity index (χ4n) is 9.10. The van der Waals surface area contributed by atoms with Crippen LogP contribution in [0, 0.1) is 52.3 Å². The molecule has 25 heavy (non-hydrogen) atoms. The van der Waals surface area contributed by atoms with Gasteiger partial charge >= 0.3 is 0 Å². The van der Waals surface area contributed by atoms with Crippen molar-refractivity contribution in [3.63, 3.8) is 0 Å². The topological polar surface area (TPSA) is 0 Å². The lowest BCUT2D eigenvalue weighted by atomic mass is 9.44. The van der Waals surface area contributed by atoms with Crippen LogP contribution in [0.5, 0.6) is 0 Å². The smallest absolute Gasteiger partial charge is 0.0264 e. The zero-order valence-corrected chi connectivity index (χ0v) is 17.8. The summed E-state index contributed by atoms with van der Waals surface area (Å²) in [5, 5.41) is 0. The number of rotatable bonds is 3. The van der Waals surface area contributed by atoms with E-state index in [2.05, 4.69) is 34.6 Å². The van der Waals surface area contributed by atoms with Gasteiger partial charge in [-0.25, -0.2) is 0 Å². The van der Waals surface area contributed by atoms with E-state index in [1.807, 2.05) is 0 Å². The lowest BCUT2D eigenvalue weighted by molar-refractivity contribution is -0.120. The zero-order chi connectivity index (χ0) is 17.8. The highest BCUT2D eigenvalue weighted by Gasteiger charge is 2.60. The molecule has 0 saturated heterocycles. The molecule has 0 aliphatic heterocycles. The largest absolute Gasteiger partial charge is 0.0654 e. The van der Waals surface area contributed by atoms with Crippen LogP contribution < -0.4 is 0 Å². The van der Waals surface area contributed by atoms with E-state index in [1.54, 1.807) is 44.9 Å². The van der Waals surface area contributed by atoms with Crippen molar-refractivity contribution in [2.45, 2.75) is 105 Å². The summed E-state index contributed by atoms with van der Waals surface area (Å²) in [7, 11) is 0. The fraction of sp³-hybridized carbons (Fsp3) is 1.00. The molecule has 0 heteroatoms. The van der Waals surface area contributed by atoms with Crippen molar-refractivity contribution >= 4 is 0 Å². The second-order valence-electron chi connectivity index (χ2n) is 11.5. The molecule has 144 valence electrons. The second-order valence-corrected chi connectivity index (χ2v) is 11.5. The average molecular weight is 345 g/mol. The van der Waals surface area contributed by atoms with Crippen LogP contribution in [0.2, 0.25) is 0 Å². The van der Waals surface area contributed by atoms with E-state index < -0.39 is 0 Å². The summed E-state index contributed by atoms with van der Waals surface area (Å²) < 4.78 is 0. The summed E-state index contributed by atoms with van der Waals surface area (Å²) >= 11 is 0. The van der Waals surface area contributed by atoms with Crippen molar-refractivity contribution in [1.29, 1.82) is 0 Å². The maximum atomic E-state index is 2.73. The third kappa shape index (κ3) is 2.75. The van der Waals surface area contributed by atoms with Crippen LogP contribution in [0.3, 0.4) is 0 Å². The summed E-state index contributed by atoms with van der Waals surface area (Å²) in [5.74, 6) is 7.23. The van der Waals surface area contributed by atoms with Gasteiger partial charge in [0.25, 0.3) is 0 Å². The van der Waals surface area contributed by atoms with Gasteiger partial charge in [-0.15, -0.1) is 0 Å². The van der Waals surface area contributed by atoms with Crippen molar-refractivity contribution in [3.8, 4) is 0 Å². The van der Waals surface area contributed by atoms with Crippen LogP contribution in [0.4, 0.5) is 0 Å². The van der Waals surface area contributed by atoms with Gasteiger partial charge in [0, 0.05) is 0 Å². The molecule has 0 aromatic rings. The normalized spacial score (nSPS) is 53.6. The average Bonchev–Trinajstić information content (AvgIpc) is 2.93. The summed E-state index contributed by atoms with van der Waals surface area (Å²) in [6.07, 6.45) is 16.8. The Labute approximate surface area is 157 Å². The molecule has 0 bridgehead atoms. The second kappa shape index (κ2) is 6.56. The minimum Gasteiger partial charge on any atom is -0.0654 e. The molecule has 4 saturated carbocycles. The molecular weight excluding hydrogens is 300 g/mol. The summed E-state index contributed by atoms with van der Waals surface area (Å²) in [5.41, 5.74) is 1.38. The fourth-order valence-corrected chi connectivity index (χ4v) is 9.10. The van der Waals surface area contributed by atoms with E-state index in [9.17, 15) is 0 Å². The van der Waals surface area contributed by atoms with Crippen LogP contribution in [0.15, 0.2) is 0 Å². The van der Waals surface area contributed by atoms with Crippen molar-refractivity contribution in [2.24, 2.45) is 52.3 Å². The highest BCUT2D eigenvalue weighted by molar-refractivity contribution is 5.09. The van der Waals surface area contributed by atoms with Gasteiger partial charge in [0.1, 0.15) is 0 Å². The quantitative estimate of drug-likeness (QED) is 0.491. The predicted octanol–water partition coefficient (Wildman–Crippen LogP) is 7.72. The van der Waals surface area contributed by atoms with Crippen LogP contribution >= 0.6 is 0 Å². The molecule has 4 aliphatic rings. The van der Waals surface area contributed by atoms with Gasteiger partial charge < -0.3 is 0 Å². The summed E-state index contributed by atoms with van der Waals surface area (Å²) in [4.78, 5) is 0. The summed E-state index contributed by atoms with van der Waals surface area (Å²) in [6, 6.07) is 0. The SMILES string of the molecule is CCCC(C)[C@H]1CCC2C3CCC4C[C@@H](C)CC[C@]4(C)C3CC[C@@]21C. The van der Waals surface area contributed by atoms with E-state index in [1.165, 1.54) is 25.7 Å². The third-order valence-electron chi connectivity index (χ3n) is 10.4. The molecule has 4 aliphatic carbocycles. The summed E-state index contributed by atoms with van der Waals surface area (Å²) in [6.45, 7) is 12.9. The molecule has 0 spiro atoms. The molecule has 0 aromatic heterocycles. The van der Waals surface area contributed by atoms with Gasteiger partial charge in [-0.2, -0.15) is 0 Å². The van der Waals surface area contributed by atoms with Gasteiger partial charge in [-0.1, -0.05) is 53.9 Å². The number of hydrogen-bond donors (Lipinski definition) is 0. The monoisotopic (exact) mass is 344 g/mol.